The lowest BCUT2D eigenvalue weighted by Gasteiger charge is -2.06. The molecular formula is C14H14ClN3OS. The molecule has 6 heteroatoms. The van der Waals surface area contributed by atoms with Gasteiger partial charge in [0.1, 0.15) is 11.3 Å². The van der Waals surface area contributed by atoms with E-state index < -0.39 is 0 Å². The van der Waals surface area contributed by atoms with E-state index in [1.54, 1.807) is 18.4 Å². The van der Waals surface area contributed by atoms with Gasteiger partial charge in [-0.3, -0.25) is 0 Å². The zero-order chi connectivity index (χ0) is 13.9. The summed E-state index contributed by atoms with van der Waals surface area (Å²) in [5.74, 6) is 1.82. The van der Waals surface area contributed by atoms with Gasteiger partial charge >= 0.3 is 0 Å². The lowest BCUT2D eigenvalue weighted by atomic mass is 10.3. The fourth-order valence-corrected chi connectivity index (χ4v) is 3.06. The molecule has 0 amide bonds. The normalized spacial score (nSPS) is 11.1. The zero-order valence-electron chi connectivity index (χ0n) is 11.0. The number of methoxy groups -OCH3 is 1. The molecule has 104 valence electrons. The largest absolute Gasteiger partial charge is 0.481 e. The summed E-state index contributed by atoms with van der Waals surface area (Å²) < 4.78 is 7.26. The highest BCUT2D eigenvalue weighted by molar-refractivity contribution is 7.09. The minimum atomic E-state index is 0.378. The van der Waals surface area contributed by atoms with Gasteiger partial charge in [0.15, 0.2) is 5.65 Å². The van der Waals surface area contributed by atoms with Crippen LogP contribution in [0.4, 0.5) is 0 Å². The van der Waals surface area contributed by atoms with Crippen molar-refractivity contribution in [2.45, 2.75) is 18.8 Å². The van der Waals surface area contributed by atoms with Gasteiger partial charge in [-0.1, -0.05) is 6.07 Å². The van der Waals surface area contributed by atoms with E-state index in [1.807, 2.05) is 12.1 Å². The first-order chi connectivity index (χ1) is 9.81. The summed E-state index contributed by atoms with van der Waals surface area (Å²) >= 11 is 7.76. The maximum atomic E-state index is 6.00. The van der Waals surface area contributed by atoms with Crippen molar-refractivity contribution >= 4 is 34.1 Å². The highest BCUT2D eigenvalue weighted by atomic mass is 35.5. The number of imidazole rings is 1. The molecule has 0 aliphatic rings. The number of rotatable bonds is 5. The number of aryl methyl sites for hydroxylation is 2. The second kappa shape index (κ2) is 5.81. The molecule has 0 aliphatic carbocycles. The average Bonchev–Trinajstić information content (AvgIpc) is 3.11. The standard InChI is InChI=1S/C14H14ClN3OS/c1-19-13-5-4-11-14(17-13)18(12(9-15)16-11)7-6-10-3-2-8-20-10/h2-5,8H,6-7,9H2,1H3. The number of alkyl halides is 1. The quantitative estimate of drug-likeness (QED) is 0.678. The number of pyridine rings is 1. The van der Waals surface area contributed by atoms with Gasteiger partial charge < -0.3 is 9.30 Å². The van der Waals surface area contributed by atoms with E-state index in [0.29, 0.717) is 11.8 Å². The van der Waals surface area contributed by atoms with E-state index in [0.717, 1.165) is 30.0 Å². The molecule has 3 rings (SSSR count). The maximum absolute atomic E-state index is 6.00. The van der Waals surface area contributed by atoms with Crippen molar-refractivity contribution in [1.82, 2.24) is 14.5 Å². The third-order valence-electron chi connectivity index (χ3n) is 3.14. The van der Waals surface area contributed by atoms with Gasteiger partial charge in [0.05, 0.1) is 13.0 Å². The van der Waals surface area contributed by atoms with Crippen LogP contribution in [0, 0.1) is 0 Å². The second-order valence-corrected chi connectivity index (χ2v) is 5.64. The fraction of sp³-hybridized carbons (Fsp3) is 0.286. The molecule has 0 fully saturated rings. The molecule has 0 atom stereocenters. The Bertz CT molecular complexity index is 709. The van der Waals surface area contributed by atoms with Gasteiger partial charge in [-0.05, 0) is 23.9 Å². The van der Waals surface area contributed by atoms with E-state index in [1.165, 1.54) is 4.88 Å². The predicted molar refractivity (Wildman–Crippen MR) is 81.7 cm³/mol. The van der Waals surface area contributed by atoms with Crippen LogP contribution in [-0.2, 0) is 18.8 Å². The summed E-state index contributed by atoms with van der Waals surface area (Å²) in [6.07, 6.45) is 0.950. The molecule has 3 aromatic heterocycles. The van der Waals surface area contributed by atoms with Crippen LogP contribution in [0.15, 0.2) is 29.6 Å². The van der Waals surface area contributed by atoms with Crippen LogP contribution in [0.2, 0.25) is 0 Å². The number of thiophene rings is 1. The number of fused-ring (bicyclic) bond motifs is 1. The molecule has 0 aromatic carbocycles. The highest BCUT2D eigenvalue weighted by Gasteiger charge is 2.12. The highest BCUT2D eigenvalue weighted by Crippen LogP contribution is 2.20. The molecule has 20 heavy (non-hydrogen) atoms. The van der Waals surface area contributed by atoms with Crippen LogP contribution >= 0.6 is 22.9 Å². The number of ether oxygens (including phenoxy) is 1. The Kier molecular flexibility index (Phi) is 3.89. The Morgan fingerprint density at radius 3 is 2.90 bits per heavy atom. The molecule has 3 aromatic rings. The van der Waals surface area contributed by atoms with Crippen molar-refractivity contribution in [3.63, 3.8) is 0 Å². The van der Waals surface area contributed by atoms with Crippen LogP contribution in [-0.4, -0.2) is 21.6 Å². The van der Waals surface area contributed by atoms with Crippen LogP contribution in [0.3, 0.4) is 0 Å². The summed E-state index contributed by atoms with van der Waals surface area (Å²) in [6, 6.07) is 7.93. The van der Waals surface area contributed by atoms with E-state index >= 15 is 0 Å². The van der Waals surface area contributed by atoms with Gasteiger partial charge in [-0.2, -0.15) is 4.98 Å². The zero-order valence-corrected chi connectivity index (χ0v) is 12.6. The molecular weight excluding hydrogens is 294 g/mol. The SMILES string of the molecule is COc1ccc2nc(CCl)n(CCc3cccs3)c2n1. The lowest BCUT2D eigenvalue weighted by Crippen LogP contribution is -2.05. The van der Waals surface area contributed by atoms with Gasteiger partial charge in [0.25, 0.3) is 0 Å². The Morgan fingerprint density at radius 2 is 2.20 bits per heavy atom. The average molecular weight is 308 g/mol. The van der Waals surface area contributed by atoms with Gasteiger partial charge in [0, 0.05) is 17.5 Å². The van der Waals surface area contributed by atoms with Crippen LogP contribution in [0.1, 0.15) is 10.7 Å². The first-order valence-corrected chi connectivity index (χ1v) is 7.71. The third kappa shape index (κ3) is 2.51. The first-order valence-electron chi connectivity index (χ1n) is 6.30. The second-order valence-electron chi connectivity index (χ2n) is 4.34. The van der Waals surface area contributed by atoms with Crippen molar-refractivity contribution < 1.29 is 4.74 Å². The molecule has 0 N–H and O–H groups in total. The maximum Gasteiger partial charge on any atom is 0.215 e. The fourth-order valence-electron chi connectivity index (χ4n) is 2.16. The molecule has 3 heterocycles. The van der Waals surface area contributed by atoms with Crippen LogP contribution < -0.4 is 4.74 Å². The van der Waals surface area contributed by atoms with Crippen LogP contribution in [0.25, 0.3) is 11.2 Å². The Labute approximate surface area is 126 Å². The minimum Gasteiger partial charge on any atom is -0.481 e. The van der Waals surface area contributed by atoms with Crippen molar-refractivity contribution in [3.05, 3.63) is 40.3 Å². The molecule has 0 saturated carbocycles. The third-order valence-corrected chi connectivity index (χ3v) is 4.31. The van der Waals surface area contributed by atoms with Gasteiger partial charge in [-0.25, -0.2) is 4.98 Å². The van der Waals surface area contributed by atoms with E-state index in [9.17, 15) is 0 Å². The Morgan fingerprint density at radius 1 is 1.30 bits per heavy atom. The molecule has 0 saturated heterocycles. The number of halogens is 1. The molecule has 0 spiro atoms. The Balaban J connectivity index is 1.97. The molecule has 0 bridgehead atoms. The van der Waals surface area contributed by atoms with Crippen molar-refractivity contribution in [2.24, 2.45) is 0 Å². The summed E-state index contributed by atoms with van der Waals surface area (Å²) in [5, 5.41) is 2.09. The number of hydrogen-bond donors (Lipinski definition) is 0. The number of aromatic nitrogens is 3. The summed E-state index contributed by atoms with van der Waals surface area (Å²) in [5.41, 5.74) is 1.68. The van der Waals surface area contributed by atoms with E-state index in [4.69, 9.17) is 16.3 Å². The van der Waals surface area contributed by atoms with Crippen molar-refractivity contribution in [1.29, 1.82) is 0 Å². The first kappa shape index (κ1) is 13.4. The van der Waals surface area contributed by atoms with Crippen molar-refractivity contribution in [3.8, 4) is 5.88 Å². The number of nitrogens with zero attached hydrogens (tertiary/aromatic N) is 3. The lowest BCUT2D eigenvalue weighted by molar-refractivity contribution is 0.399. The topological polar surface area (TPSA) is 39.9 Å². The predicted octanol–water partition coefficient (Wildman–Crippen LogP) is 3.48. The smallest absolute Gasteiger partial charge is 0.215 e. The van der Waals surface area contributed by atoms with Gasteiger partial charge in [-0.15, -0.1) is 22.9 Å². The molecule has 4 nitrogen and oxygen atoms in total. The van der Waals surface area contributed by atoms with Crippen molar-refractivity contribution in [2.75, 3.05) is 7.11 Å². The Hall–Kier alpha value is -1.59. The van der Waals surface area contributed by atoms with Crippen LogP contribution in [0.5, 0.6) is 5.88 Å². The minimum absolute atomic E-state index is 0.378. The molecule has 0 unspecified atom stereocenters. The monoisotopic (exact) mass is 307 g/mol. The molecule has 0 aliphatic heterocycles. The molecule has 0 radical (unpaired) electrons. The number of hydrogen-bond acceptors (Lipinski definition) is 4. The van der Waals surface area contributed by atoms with E-state index in [2.05, 4.69) is 32.0 Å². The summed E-state index contributed by atoms with van der Waals surface area (Å²) in [7, 11) is 1.61. The van der Waals surface area contributed by atoms with Gasteiger partial charge in [0.2, 0.25) is 5.88 Å². The van der Waals surface area contributed by atoms with E-state index in [-0.39, 0.29) is 0 Å². The summed E-state index contributed by atoms with van der Waals surface area (Å²) in [6.45, 7) is 0.819. The summed E-state index contributed by atoms with van der Waals surface area (Å²) in [4.78, 5) is 10.4.